The monoisotopic (exact) mass is 274 g/mol. The van der Waals surface area contributed by atoms with Crippen molar-refractivity contribution in [3.8, 4) is 0 Å². The molecule has 0 atom stereocenters. The molecule has 0 aliphatic rings. The van der Waals surface area contributed by atoms with Gasteiger partial charge in [-0.1, -0.05) is 6.07 Å². The molecule has 2 rings (SSSR count). The fourth-order valence-electron chi connectivity index (χ4n) is 1.94. The van der Waals surface area contributed by atoms with Crippen LogP contribution in [0.25, 0.3) is 0 Å². The van der Waals surface area contributed by atoms with Gasteiger partial charge in [0.1, 0.15) is 5.82 Å². The predicted octanol–water partition coefficient (Wildman–Crippen LogP) is 2.96. The first kappa shape index (κ1) is 13.9. The van der Waals surface area contributed by atoms with Crippen molar-refractivity contribution >= 4 is 23.0 Å². The normalized spacial score (nSPS) is 10.2. The van der Waals surface area contributed by atoms with Gasteiger partial charge in [0, 0.05) is 18.4 Å². The maximum Gasteiger partial charge on any atom is 0.340 e. The minimum Gasteiger partial charge on any atom is -0.465 e. The second-order valence-electron chi connectivity index (χ2n) is 4.31. The number of anilines is 3. The summed E-state index contributed by atoms with van der Waals surface area (Å²) in [7, 11) is 3.05. The molecule has 0 aromatic heterocycles. The molecule has 0 bridgehead atoms. The highest BCUT2D eigenvalue weighted by atomic mass is 19.1. The highest BCUT2D eigenvalue weighted by molar-refractivity contribution is 5.97. The van der Waals surface area contributed by atoms with Gasteiger partial charge in [-0.2, -0.15) is 0 Å². The third-order valence-corrected chi connectivity index (χ3v) is 2.98. The van der Waals surface area contributed by atoms with E-state index in [2.05, 4.69) is 0 Å². The summed E-state index contributed by atoms with van der Waals surface area (Å²) in [4.78, 5) is 13.5. The molecule has 0 saturated carbocycles. The van der Waals surface area contributed by atoms with E-state index in [9.17, 15) is 9.18 Å². The number of ether oxygens (including phenoxy) is 1. The number of nitrogen functional groups attached to an aromatic ring is 1. The van der Waals surface area contributed by atoms with Crippen molar-refractivity contribution in [1.82, 2.24) is 0 Å². The van der Waals surface area contributed by atoms with Crippen molar-refractivity contribution in [2.45, 2.75) is 0 Å². The number of rotatable bonds is 3. The number of nitrogens with two attached hydrogens (primary N) is 1. The zero-order valence-corrected chi connectivity index (χ0v) is 11.3. The topological polar surface area (TPSA) is 55.6 Å². The van der Waals surface area contributed by atoms with E-state index in [0.29, 0.717) is 22.6 Å². The summed E-state index contributed by atoms with van der Waals surface area (Å²) in [6.07, 6.45) is 0. The zero-order valence-electron chi connectivity index (χ0n) is 11.3. The second kappa shape index (κ2) is 5.61. The van der Waals surface area contributed by atoms with Crippen molar-refractivity contribution in [2.24, 2.45) is 0 Å². The van der Waals surface area contributed by atoms with Gasteiger partial charge >= 0.3 is 5.97 Å². The van der Waals surface area contributed by atoms with Gasteiger partial charge in [-0.3, -0.25) is 0 Å². The van der Waals surface area contributed by atoms with Crippen LogP contribution in [0.1, 0.15) is 10.4 Å². The molecule has 0 saturated heterocycles. The van der Waals surface area contributed by atoms with Crippen molar-refractivity contribution in [1.29, 1.82) is 0 Å². The van der Waals surface area contributed by atoms with Crippen LogP contribution in [0, 0.1) is 5.82 Å². The lowest BCUT2D eigenvalue weighted by atomic mass is 10.1. The van der Waals surface area contributed by atoms with Crippen molar-refractivity contribution in [3.05, 3.63) is 53.8 Å². The standard InChI is InChI=1S/C15H15FN2O2/c1-18(12-5-3-4-10(16)8-12)14-7-6-11(17)9-13(14)15(19)20-2/h3-9H,17H2,1-2H3. The van der Waals surface area contributed by atoms with Crippen LogP contribution in [0.4, 0.5) is 21.5 Å². The lowest BCUT2D eigenvalue weighted by molar-refractivity contribution is 0.0601. The molecule has 0 fully saturated rings. The summed E-state index contributed by atoms with van der Waals surface area (Å²) in [6, 6.07) is 11.0. The molecular weight excluding hydrogens is 259 g/mol. The van der Waals surface area contributed by atoms with E-state index >= 15 is 0 Å². The SMILES string of the molecule is COC(=O)c1cc(N)ccc1N(C)c1cccc(F)c1. The number of halogens is 1. The lowest BCUT2D eigenvalue weighted by Crippen LogP contribution is -2.15. The molecule has 0 amide bonds. The quantitative estimate of drug-likeness (QED) is 0.690. The number of carbonyl (C=O) groups is 1. The minimum atomic E-state index is -0.490. The van der Waals surface area contributed by atoms with Crippen LogP contribution in [-0.4, -0.2) is 20.1 Å². The van der Waals surface area contributed by atoms with Gasteiger partial charge < -0.3 is 15.4 Å². The summed E-state index contributed by atoms with van der Waals surface area (Å²) >= 11 is 0. The summed E-state index contributed by atoms with van der Waals surface area (Å²) < 4.78 is 18.0. The van der Waals surface area contributed by atoms with Crippen LogP contribution in [0.2, 0.25) is 0 Å². The minimum absolute atomic E-state index is 0.333. The van der Waals surface area contributed by atoms with E-state index in [0.717, 1.165) is 0 Å². The lowest BCUT2D eigenvalue weighted by Gasteiger charge is -2.22. The molecule has 0 aliphatic carbocycles. The van der Waals surface area contributed by atoms with Gasteiger partial charge in [0.05, 0.1) is 18.4 Å². The van der Waals surface area contributed by atoms with Crippen molar-refractivity contribution in [2.75, 3.05) is 24.8 Å². The largest absolute Gasteiger partial charge is 0.465 e. The number of methoxy groups -OCH3 is 1. The predicted molar refractivity (Wildman–Crippen MR) is 76.7 cm³/mol. The van der Waals surface area contributed by atoms with Gasteiger partial charge in [0.15, 0.2) is 0 Å². The molecule has 0 radical (unpaired) electrons. The molecular formula is C15H15FN2O2. The number of benzene rings is 2. The zero-order chi connectivity index (χ0) is 14.7. The summed E-state index contributed by atoms with van der Waals surface area (Å²) in [6.45, 7) is 0. The first-order valence-electron chi connectivity index (χ1n) is 6.00. The summed E-state index contributed by atoms with van der Waals surface area (Å²) in [5, 5.41) is 0. The fourth-order valence-corrected chi connectivity index (χ4v) is 1.94. The molecule has 0 unspecified atom stereocenters. The Morgan fingerprint density at radius 3 is 2.65 bits per heavy atom. The molecule has 104 valence electrons. The average molecular weight is 274 g/mol. The van der Waals surface area contributed by atoms with Gasteiger partial charge in [-0.25, -0.2) is 9.18 Å². The van der Waals surface area contributed by atoms with E-state index in [-0.39, 0.29) is 5.82 Å². The van der Waals surface area contributed by atoms with Crippen LogP contribution >= 0.6 is 0 Å². The Morgan fingerprint density at radius 1 is 1.25 bits per heavy atom. The Hall–Kier alpha value is -2.56. The molecule has 5 heteroatoms. The van der Waals surface area contributed by atoms with Crippen LogP contribution in [0.15, 0.2) is 42.5 Å². The second-order valence-corrected chi connectivity index (χ2v) is 4.31. The van der Waals surface area contributed by atoms with Gasteiger partial charge in [-0.15, -0.1) is 0 Å². The third kappa shape index (κ3) is 2.71. The Kier molecular flexibility index (Phi) is 3.89. The molecule has 4 nitrogen and oxygen atoms in total. The van der Waals surface area contributed by atoms with E-state index in [1.807, 2.05) is 0 Å². The average Bonchev–Trinajstić information content (AvgIpc) is 2.45. The number of hydrogen-bond acceptors (Lipinski definition) is 4. The summed E-state index contributed by atoms with van der Waals surface area (Å²) in [5.74, 6) is -0.833. The van der Waals surface area contributed by atoms with Gasteiger partial charge in [0.25, 0.3) is 0 Å². The van der Waals surface area contributed by atoms with E-state index in [1.54, 1.807) is 36.2 Å². The molecule has 0 spiro atoms. The van der Waals surface area contributed by atoms with Crippen molar-refractivity contribution in [3.63, 3.8) is 0 Å². The summed E-state index contributed by atoms with van der Waals surface area (Å²) in [5.41, 5.74) is 7.71. The maximum atomic E-state index is 13.3. The third-order valence-electron chi connectivity index (χ3n) is 2.98. The number of hydrogen-bond donors (Lipinski definition) is 1. The number of esters is 1. The first-order chi connectivity index (χ1) is 9.52. The van der Waals surface area contributed by atoms with Gasteiger partial charge in [0.2, 0.25) is 0 Å². The highest BCUT2D eigenvalue weighted by Crippen LogP contribution is 2.29. The Bertz CT molecular complexity index is 644. The molecule has 2 aromatic carbocycles. The van der Waals surface area contributed by atoms with Crippen LogP contribution < -0.4 is 10.6 Å². The Labute approximate surface area is 116 Å². The van der Waals surface area contributed by atoms with Gasteiger partial charge in [-0.05, 0) is 36.4 Å². The van der Waals surface area contributed by atoms with E-state index in [1.165, 1.54) is 25.3 Å². The number of carbonyl (C=O) groups excluding carboxylic acids is 1. The highest BCUT2D eigenvalue weighted by Gasteiger charge is 2.16. The van der Waals surface area contributed by atoms with E-state index in [4.69, 9.17) is 10.5 Å². The smallest absolute Gasteiger partial charge is 0.340 e. The molecule has 0 heterocycles. The first-order valence-corrected chi connectivity index (χ1v) is 6.00. The maximum absolute atomic E-state index is 13.3. The Balaban J connectivity index is 2.49. The van der Waals surface area contributed by atoms with Crippen molar-refractivity contribution < 1.29 is 13.9 Å². The molecule has 2 aromatic rings. The molecule has 20 heavy (non-hydrogen) atoms. The molecule has 0 aliphatic heterocycles. The van der Waals surface area contributed by atoms with E-state index < -0.39 is 5.97 Å². The van der Waals surface area contributed by atoms with Crippen LogP contribution in [0.3, 0.4) is 0 Å². The van der Waals surface area contributed by atoms with Crippen LogP contribution in [0.5, 0.6) is 0 Å². The van der Waals surface area contributed by atoms with Crippen LogP contribution in [-0.2, 0) is 4.74 Å². The fraction of sp³-hybridized carbons (Fsp3) is 0.133. The Morgan fingerprint density at radius 2 is 2.00 bits per heavy atom. The molecule has 2 N–H and O–H groups in total. The number of nitrogens with zero attached hydrogens (tertiary/aromatic N) is 1.